The number of hydrogen-bond donors (Lipinski definition) is 1. The third kappa shape index (κ3) is 4.58. The van der Waals surface area contributed by atoms with Crippen LogP contribution in [0.1, 0.15) is 19.3 Å². The van der Waals surface area contributed by atoms with Crippen LogP contribution in [0.25, 0.3) is 0 Å². The van der Waals surface area contributed by atoms with Crippen molar-refractivity contribution in [1.82, 2.24) is 20.0 Å². The molecule has 0 saturated carbocycles. The van der Waals surface area contributed by atoms with E-state index in [9.17, 15) is 0 Å². The Labute approximate surface area is 140 Å². The predicted octanol–water partition coefficient (Wildman–Crippen LogP) is 0.310. The van der Waals surface area contributed by atoms with Crippen molar-refractivity contribution in [3.05, 3.63) is 0 Å². The summed E-state index contributed by atoms with van der Waals surface area (Å²) in [6, 6.07) is 0.665. The van der Waals surface area contributed by atoms with Gasteiger partial charge in [-0.05, 0) is 38.8 Å². The standard InChI is InChI=1S/C17H33N5O/c1-18-17(19-12-15-4-3-6-20(2)13-15)22-7-5-16(14-22)21-8-10-23-11-9-21/h15-16H,3-14H2,1-2H3,(H,18,19). The molecule has 132 valence electrons. The fourth-order valence-electron chi connectivity index (χ4n) is 4.18. The highest BCUT2D eigenvalue weighted by Crippen LogP contribution is 2.18. The first-order chi connectivity index (χ1) is 11.3. The number of guanidine groups is 1. The van der Waals surface area contributed by atoms with Crippen LogP contribution in [0.4, 0.5) is 0 Å². The van der Waals surface area contributed by atoms with E-state index in [0.717, 1.165) is 57.8 Å². The van der Waals surface area contributed by atoms with E-state index in [1.807, 2.05) is 7.05 Å². The van der Waals surface area contributed by atoms with Crippen molar-refractivity contribution in [2.45, 2.75) is 25.3 Å². The fraction of sp³-hybridized carbons (Fsp3) is 0.941. The van der Waals surface area contributed by atoms with E-state index in [1.165, 1.54) is 32.4 Å². The van der Waals surface area contributed by atoms with Gasteiger partial charge in [-0.1, -0.05) is 0 Å². The average Bonchev–Trinajstić information content (AvgIpc) is 3.06. The van der Waals surface area contributed by atoms with Gasteiger partial charge in [0.2, 0.25) is 0 Å². The molecule has 0 aromatic carbocycles. The Balaban J connectivity index is 1.45. The lowest BCUT2D eigenvalue weighted by Gasteiger charge is -2.33. The molecular weight excluding hydrogens is 290 g/mol. The van der Waals surface area contributed by atoms with E-state index in [4.69, 9.17) is 4.74 Å². The average molecular weight is 323 g/mol. The Morgan fingerprint density at radius 1 is 1.13 bits per heavy atom. The number of morpholine rings is 1. The third-order valence-corrected chi connectivity index (χ3v) is 5.51. The lowest BCUT2D eigenvalue weighted by atomic mass is 9.99. The highest BCUT2D eigenvalue weighted by atomic mass is 16.5. The summed E-state index contributed by atoms with van der Waals surface area (Å²) >= 11 is 0. The Morgan fingerprint density at radius 3 is 2.70 bits per heavy atom. The highest BCUT2D eigenvalue weighted by Gasteiger charge is 2.30. The van der Waals surface area contributed by atoms with Crippen molar-refractivity contribution in [3.63, 3.8) is 0 Å². The van der Waals surface area contributed by atoms with E-state index in [1.54, 1.807) is 0 Å². The lowest BCUT2D eigenvalue weighted by molar-refractivity contribution is 0.0194. The second-order valence-corrected chi connectivity index (χ2v) is 7.24. The number of hydrogen-bond acceptors (Lipinski definition) is 4. The van der Waals surface area contributed by atoms with Gasteiger partial charge in [-0.2, -0.15) is 0 Å². The van der Waals surface area contributed by atoms with Crippen molar-refractivity contribution in [2.75, 3.05) is 73.1 Å². The first kappa shape index (κ1) is 17.0. The van der Waals surface area contributed by atoms with Gasteiger partial charge in [-0.25, -0.2) is 0 Å². The summed E-state index contributed by atoms with van der Waals surface area (Å²) in [6.45, 7) is 9.67. The predicted molar refractivity (Wildman–Crippen MR) is 94.0 cm³/mol. The summed E-state index contributed by atoms with van der Waals surface area (Å²) in [6.07, 6.45) is 3.90. The van der Waals surface area contributed by atoms with Gasteiger partial charge in [0, 0.05) is 52.4 Å². The first-order valence-corrected chi connectivity index (χ1v) is 9.22. The van der Waals surface area contributed by atoms with E-state index < -0.39 is 0 Å². The SMILES string of the molecule is CN=C(NCC1CCCN(C)C1)N1CCC(N2CCOCC2)C1. The van der Waals surface area contributed by atoms with Crippen LogP contribution in [0, 0.1) is 5.92 Å². The number of nitrogens with zero attached hydrogens (tertiary/aromatic N) is 4. The summed E-state index contributed by atoms with van der Waals surface area (Å²) < 4.78 is 5.47. The van der Waals surface area contributed by atoms with Crippen LogP contribution in [0.3, 0.4) is 0 Å². The lowest BCUT2D eigenvalue weighted by Crippen LogP contribution is -2.48. The molecule has 23 heavy (non-hydrogen) atoms. The molecule has 3 fully saturated rings. The zero-order valence-corrected chi connectivity index (χ0v) is 14.8. The maximum absolute atomic E-state index is 5.47. The minimum Gasteiger partial charge on any atom is -0.379 e. The van der Waals surface area contributed by atoms with Crippen LogP contribution in [-0.4, -0.2) is 99.8 Å². The Morgan fingerprint density at radius 2 is 1.96 bits per heavy atom. The van der Waals surface area contributed by atoms with Gasteiger partial charge in [0.25, 0.3) is 0 Å². The van der Waals surface area contributed by atoms with Gasteiger partial charge < -0.3 is 19.9 Å². The van der Waals surface area contributed by atoms with Gasteiger partial charge >= 0.3 is 0 Å². The molecule has 0 aliphatic carbocycles. The smallest absolute Gasteiger partial charge is 0.193 e. The molecule has 3 heterocycles. The largest absolute Gasteiger partial charge is 0.379 e. The highest BCUT2D eigenvalue weighted by molar-refractivity contribution is 5.80. The summed E-state index contributed by atoms with van der Waals surface area (Å²) in [5.41, 5.74) is 0. The molecule has 2 unspecified atom stereocenters. The summed E-state index contributed by atoms with van der Waals surface area (Å²) in [5, 5.41) is 3.63. The molecule has 3 aliphatic heterocycles. The molecule has 0 bridgehead atoms. The monoisotopic (exact) mass is 323 g/mol. The number of nitrogens with one attached hydrogen (secondary N) is 1. The van der Waals surface area contributed by atoms with Crippen molar-refractivity contribution in [2.24, 2.45) is 10.9 Å². The topological polar surface area (TPSA) is 43.3 Å². The second kappa shape index (κ2) is 8.31. The van der Waals surface area contributed by atoms with Crippen molar-refractivity contribution < 1.29 is 4.74 Å². The molecule has 2 atom stereocenters. The van der Waals surface area contributed by atoms with Crippen molar-refractivity contribution in [3.8, 4) is 0 Å². The minimum absolute atomic E-state index is 0.665. The molecule has 6 heteroatoms. The van der Waals surface area contributed by atoms with E-state index in [-0.39, 0.29) is 0 Å². The maximum atomic E-state index is 5.47. The maximum Gasteiger partial charge on any atom is 0.193 e. The second-order valence-electron chi connectivity index (χ2n) is 7.24. The van der Waals surface area contributed by atoms with Crippen LogP contribution in [0.15, 0.2) is 4.99 Å². The van der Waals surface area contributed by atoms with Gasteiger partial charge in [0.1, 0.15) is 0 Å². The van der Waals surface area contributed by atoms with Gasteiger partial charge in [-0.15, -0.1) is 0 Å². The number of piperidine rings is 1. The van der Waals surface area contributed by atoms with Crippen molar-refractivity contribution in [1.29, 1.82) is 0 Å². The van der Waals surface area contributed by atoms with Gasteiger partial charge in [0.05, 0.1) is 13.2 Å². The molecule has 0 aromatic rings. The van der Waals surface area contributed by atoms with Crippen LogP contribution in [0.2, 0.25) is 0 Å². The van der Waals surface area contributed by atoms with E-state index in [2.05, 4.69) is 32.1 Å². The molecular formula is C17H33N5O. The van der Waals surface area contributed by atoms with E-state index in [0.29, 0.717) is 6.04 Å². The van der Waals surface area contributed by atoms with Gasteiger partial charge in [-0.3, -0.25) is 9.89 Å². The van der Waals surface area contributed by atoms with E-state index >= 15 is 0 Å². The molecule has 3 rings (SSSR count). The first-order valence-electron chi connectivity index (χ1n) is 9.22. The Bertz CT molecular complexity index is 396. The van der Waals surface area contributed by atoms with Gasteiger partial charge in [0.15, 0.2) is 5.96 Å². The molecule has 0 amide bonds. The van der Waals surface area contributed by atoms with Crippen LogP contribution >= 0.6 is 0 Å². The quantitative estimate of drug-likeness (QED) is 0.598. The summed E-state index contributed by atoms with van der Waals surface area (Å²) in [7, 11) is 4.14. The van der Waals surface area contributed by atoms with Crippen LogP contribution < -0.4 is 5.32 Å². The molecule has 0 radical (unpaired) electrons. The molecule has 0 spiro atoms. The zero-order chi connectivity index (χ0) is 16.1. The number of rotatable bonds is 3. The minimum atomic E-state index is 0.665. The van der Waals surface area contributed by atoms with Crippen LogP contribution in [0.5, 0.6) is 0 Å². The molecule has 3 aliphatic rings. The molecule has 6 nitrogen and oxygen atoms in total. The summed E-state index contributed by atoms with van der Waals surface area (Å²) in [4.78, 5) is 12.0. The third-order valence-electron chi connectivity index (χ3n) is 5.51. The summed E-state index contributed by atoms with van der Waals surface area (Å²) in [5.74, 6) is 1.84. The fourth-order valence-corrected chi connectivity index (χ4v) is 4.18. The molecule has 1 N–H and O–H groups in total. The number of likely N-dealkylation sites (tertiary alicyclic amines) is 2. The number of ether oxygens (including phenoxy) is 1. The number of aliphatic imine (C=N–C) groups is 1. The van der Waals surface area contributed by atoms with Crippen molar-refractivity contribution >= 4 is 5.96 Å². The Kier molecular flexibility index (Phi) is 6.14. The molecule has 3 saturated heterocycles. The normalized spacial score (nSPS) is 31.6. The zero-order valence-electron chi connectivity index (χ0n) is 14.8. The Hall–Kier alpha value is -0.850. The molecule has 0 aromatic heterocycles. The van der Waals surface area contributed by atoms with Crippen LogP contribution in [-0.2, 0) is 4.74 Å².